The van der Waals surface area contributed by atoms with Crippen LogP contribution in [0.1, 0.15) is 41.2 Å². The summed E-state index contributed by atoms with van der Waals surface area (Å²) in [4.78, 5) is 29.3. The van der Waals surface area contributed by atoms with E-state index in [4.69, 9.17) is 16.2 Å². The van der Waals surface area contributed by atoms with E-state index in [0.717, 1.165) is 11.3 Å². The SMILES string of the molecule is CC[C@H](NC(=O)OC)C(=O)N[C@@H](Cc1ccc(NS(=O)(=O)O)cc1)c1csc(CS(=O)(=O)c2ccc(Cl)cc2)n1.Cc1ccccc1. The summed E-state index contributed by atoms with van der Waals surface area (Å²) in [6.07, 6.45) is -0.311. The van der Waals surface area contributed by atoms with Crippen LogP contribution < -0.4 is 15.4 Å². The average Bonchev–Trinajstić information content (AvgIpc) is 3.48. The van der Waals surface area contributed by atoms with E-state index in [1.54, 1.807) is 24.4 Å². The molecule has 0 saturated carbocycles. The number of carbonyl (C=O) groups is 2. The first-order valence-electron chi connectivity index (χ1n) is 14.1. The van der Waals surface area contributed by atoms with E-state index in [1.165, 1.54) is 49.1 Å². The third-order valence-corrected chi connectivity index (χ3v) is 9.95. The van der Waals surface area contributed by atoms with Gasteiger partial charge in [-0.25, -0.2) is 18.2 Å². The second-order valence-corrected chi connectivity index (χ2v) is 14.7. The van der Waals surface area contributed by atoms with Gasteiger partial charge >= 0.3 is 16.4 Å². The highest BCUT2D eigenvalue weighted by molar-refractivity contribution is 7.90. The number of sulfone groups is 1. The molecule has 0 spiro atoms. The molecule has 4 N–H and O–H groups in total. The molecule has 0 unspecified atom stereocenters. The van der Waals surface area contributed by atoms with Gasteiger partial charge in [-0.1, -0.05) is 66.6 Å². The molecular formula is C31H35ClN4O8S3. The molecule has 1 aromatic heterocycles. The van der Waals surface area contributed by atoms with Gasteiger partial charge in [0.25, 0.3) is 0 Å². The number of hydrogen-bond donors (Lipinski definition) is 4. The Balaban J connectivity index is 0.000000756. The van der Waals surface area contributed by atoms with Crippen LogP contribution in [-0.4, -0.2) is 51.5 Å². The summed E-state index contributed by atoms with van der Waals surface area (Å²) in [7, 11) is -6.98. The molecule has 4 rings (SSSR count). The minimum Gasteiger partial charge on any atom is -0.453 e. The average molecular weight is 723 g/mol. The normalized spacial score (nSPS) is 12.5. The first-order chi connectivity index (χ1) is 22.2. The van der Waals surface area contributed by atoms with Crippen LogP contribution in [0.5, 0.6) is 0 Å². The Morgan fingerprint density at radius 3 is 2.13 bits per heavy atom. The van der Waals surface area contributed by atoms with E-state index in [9.17, 15) is 26.4 Å². The fourth-order valence-electron chi connectivity index (χ4n) is 4.12. The number of amides is 2. The molecule has 0 bridgehead atoms. The maximum atomic E-state index is 13.0. The van der Waals surface area contributed by atoms with Crippen LogP contribution in [-0.2, 0) is 41.8 Å². The monoisotopic (exact) mass is 722 g/mol. The largest absolute Gasteiger partial charge is 0.453 e. The lowest BCUT2D eigenvalue weighted by Gasteiger charge is -2.22. The highest BCUT2D eigenvalue weighted by atomic mass is 35.5. The number of nitrogens with zero attached hydrogens (tertiary/aromatic N) is 1. The van der Waals surface area contributed by atoms with E-state index in [-0.39, 0.29) is 29.2 Å². The number of rotatable bonds is 12. The van der Waals surface area contributed by atoms with E-state index in [2.05, 4.69) is 39.4 Å². The summed E-state index contributed by atoms with van der Waals surface area (Å²) in [6, 6.07) is 20.5. The number of alkyl carbamates (subject to hydrolysis) is 1. The smallest absolute Gasteiger partial charge is 0.407 e. The van der Waals surface area contributed by atoms with Crippen molar-refractivity contribution in [2.45, 2.75) is 49.4 Å². The highest BCUT2D eigenvalue weighted by Gasteiger charge is 2.26. The molecular weight excluding hydrogens is 688 g/mol. The minimum atomic E-state index is -4.45. The summed E-state index contributed by atoms with van der Waals surface area (Å²) in [5.74, 6) is -0.872. The zero-order valence-electron chi connectivity index (χ0n) is 25.7. The molecule has 1 heterocycles. The molecule has 12 nitrogen and oxygen atoms in total. The Labute approximate surface area is 283 Å². The van der Waals surface area contributed by atoms with Crippen LogP contribution in [0.25, 0.3) is 0 Å². The molecule has 3 aromatic carbocycles. The van der Waals surface area contributed by atoms with E-state index in [0.29, 0.717) is 21.3 Å². The van der Waals surface area contributed by atoms with Crippen LogP contribution in [0, 0.1) is 6.92 Å². The summed E-state index contributed by atoms with van der Waals surface area (Å²) < 4.78 is 63.4. The lowest BCUT2D eigenvalue weighted by molar-refractivity contribution is -0.123. The summed E-state index contributed by atoms with van der Waals surface area (Å²) >= 11 is 6.98. The summed E-state index contributed by atoms with van der Waals surface area (Å²) in [5.41, 5.74) is 2.52. The fourth-order valence-corrected chi connectivity index (χ4v) is 7.16. The maximum Gasteiger partial charge on any atom is 0.407 e. The number of ether oxygens (including phenoxy) is 1. The lowest BCUT2D eigenvalue weighted by Crippen LogP contribution is -2.47. The minimum absolute atomic E-state index is 0.0942. The van der Waals surface area contributed by atoms with E-state index >= 15 is 0 Å². The van der Waals surface area contributed by atoms with Gasteiger partial charge in [-0.05, 0) is 61.7 Å². The first kappa shape index (κ1) is 37.4. The van der Waals surface area contributed by atoms with Gasteiger partial charge in [0.2, 0.25) is 5.91 Å². The van der Waals surface area contributed by atoms with Crippen molar-refractivity contribution < 1.29 is 35.7 Å². The van der Waals surface area contributed by atoms with Crippen LogP contribution in [0.2, 0.25) is 5.02 Å². The van der Waals surface area contributed by atoms with Gasteiger partial charge in [0, 0.05) is 10.4 Å². The van der Waals surface area contributed by atoms with Gasteiger partial charge in [0.15, 0.2) is 9.84 Å². The van der Waals surface area contributed by atoms with Crippen molar-refractivity contribution in [2.75, 3.05) is 11.8 Å². The first-order valence-corrected chi connectivity index (χ1v) is 18.5. The molecule has 0 aliphatic heterocycles. The second-order valence-electron chi connectivity index (χ2n) is 10.2. The Morgan fingerprint density at radius 1 is 0.957 bits per heavy atom. The molecule has 47 heavy (non-hydrogen) atoms. The van der Waals surface area contributed by atoms with Crippen molar-refractivity contribution >= 4 is 60.8 Å². The third kappa shape index (κ3) is 12.6. The van der Waals surface area contributed by atoms with Gasteiger partial charge in [-0.3, -0.25) is 14.1 Å². The summed E-state index contributed by atoms with van der Waals surface area (Å²) in [5, 5.41) is 7.65. The predicted octanol–water partition coefficient (Wildman–Crippen LogP) is 5.51. The van der Waals surface area contributed by atoms with E-state index in [1.807, 2.05) is 22.9 Å². The van der Waals surface area contributed by atoms with Crippen molar-refractivity contribution in [2.24, 2.45) is 0 Å². The summed E-state index contributed by atoms with van der Waals surface area (Å²) in [6.45, 7) is 3.79. The number of benzene rings is 3. The number of nitrogens with one attached hydrogen (secondary N) is 3. The van der Waals surface area contributed by atoms with Crippen molar-refractivity contribution in [3.63, 3.8) is 0 Å². The van der Waals surface area contributed by atoms with Crippen LogP contribution in [0.15, 0.2) is 89.1 Å². The van der Waals surface area contributed by atoms with Crippen molar-refractivity contribution in [3.8, 4) is 0 Å². The zero-order valence-corrected chi connectivity index (χ0v) is 28.9. The number of hydrogen-bond acceptors (Lipinski definition) is 9. The third-order valence-electron chi connectivity index (χ3n) is 6.51. The molecule has 16 heteroatoms. The van der Waals surface area contributed by atoms with Crippen molar-refractivity contribution in [1.29, 1.82) is 0 Å². The predicted molar refractivity (Wildman–Crippen MR) is 181 cm³/mol. The van der Waals surface area contributed by atoms with Gasteiger partial charge in [-0.2, -0.15) is 8.42 Å². The second kappa shape index (κ2) is 17.2. The van der Waals surface area contributed by atoms with Crippen LogP contribution >= 0.6 is 22.9 Å². The molecule has 0 aliphatic rings. The standard InChI is InChI=1S/C24H27ClN4O8S3.C7H8/c1-3-19(28-24(31)37-2)23(30)27-20(12-15-4-8-17(9-5-15)29-40(34,35)36)21-13-38-22(26-21)14-39(32,33)18-10-6-16(25)7-11-18;1-7-5-3-2-4-6-7/h4-11,13,19-20,29H,3,12,14H2,1-2H3,(H,27,30)(H,28,31)(H,34,35,36);2-6H,1H3/t19-,20-;/m0./s1. The van der Waals surface area contributed by atoms with Crippen molar-refractivity contribution in [3.05, 3.63) is 111 Å². The van der Waals surface area contributed by atoms with Gasteiger partial charge < -0.3 is 15.4 Å². The molecule has 2 amide bonds. The molecule has 0 radical (unpaired) electrons. The number of thiazole rings is 1. The van der Waals surface area contributed by atoms with Gasteiger partial charge in [0.1, 0.15) is 16.8 Å². The molecule has 0 aliphatic carbocycles. The fraction of sp³-hybridized carbons (Fsp3) is 0.258. The molecule has 2 atom stereocenters. The maximum absolute atomic E-state index is 13.0. The van der Waals surface area contributed by atoms with Crippen molar-refractivity contribution in [1.82, 2.24) is 15.6 Å². The molecule has 4 aromatic rings. The number of halogens is 1. The van der Waals surface area contributed by atoms with Crippen LogP contribution in [0.4, 0.5) is 10.5 Å². The Hall–Kier alpha value is -4.02. The number of carbonyl (C=O) groups excluding carboxylic acids is 2. The number of methoxy groups -OCH3 is 1. The number of anilines is 1. The Morgan fingerprint density at radius 2 is 1.60 bits per heavy atom. The van der Waals surface area contributed by atoms with Gasteiger partial charge in [-0.15, -0.1) is 11.3 Å². The quantitative estimate of drug-likeness (QED) is 0.137. The lowest BCUT2D eigenvalue weighted by atomic mass is 10.0. The van der Waals surface area contributed by atoms with Gasteiger partial charge in [0.05, 0.1) is 29.4 Å². The molecule has 0 fully saturated rings. The highest BCUT2D eigenvalue weighted by Crippen LogP contribution is 2.26. The topological polar surface area (TPSA) is 181 Å². The van der Waals surface area contributed by atoms with Crippen LogP contribution in [0.3, 0.4) is 0 Å². The zero-order chi connectivity index (χ0) is 34.6. The molecule has 252 valence electrons. The van der Waals surface area contributed by atoms with E-state index < -0.39 is 44.2 Å². The number of aryl methyl sites for hydroxylation is 1. The Kier molecular flexibility index (Phi) is 13.7. The Bertz CT molecular complexity index is 1840. The number of aromatic nitrogens is 1. The molecule has 0 saturated heterocycles.